The second-order valence-corrected chi connectivity index (χ2v) is 8.93. The van der Waals surface area contributed by atoms with Gasteiger partial charge in [0.1, 0.15) is 25.1 Å². The summed E-state index contributed by atoms with van der Waals surface area (Å²) in [6, 6.07) is 28.5. The van der Waals surface area contributed by atoms with Crippen molar-refractivity contribution < 1.29 is 14.3 Å². The van der Waals surface area contributed by atoms with Crippen LogP contribution in [0.1, 0.15) is 33.2 Å². The standard InChI is InChI=1S/C31H29N3O4/c1-3-19-32-22-34(28(24-14-8-5-9-15-24)25-16-10-11-17-27(25)37-2)33-20-18-26(35)30(29(33)31(32)36)38-21-23-12-6-4-7-13-23/h3-18,20,28H,1,19,21-22H2,2H3. The SMILES string of the molecule is C=CCN1CN(C(c2ccccc2)c2ccccc2OC)n2ccc(=O)c(OCc3ccccc3)c2C1=O. The van der Waals surface area contributed by atoms with Gasteiger partial charge in [0.2, 0.25) is 5.43 Å². The zero-order chi connectivity index (χ0) is 26.5. The van der Waals surface area contributed by atoms with Crippen molar-refractivity contribution in [2.24, 2.45) is 0 Å². The number of carbonyl (C=O) groups excluding carboxylic acids is 1. The van der Waals surface area contributed by atoms with Crippen LogP contribution in [0.15, 0.2) is 115 Å². The lowest BCUT2D eigenvalue weighted by atomic mass is 9.97. The third-order valence-corrected chi connectivity index (χ3v) is 6.54. The summed E-state index contributed by atoms with van der Waals surface area (Å²) < 4.78 is 13.5. The minimum Gasteiger partial charge on any atom is -0.496 e. The molecule has 7 nitrogen and oxygen atoms in total. The van der Waals surface area contributed by atoms with Gasteiger partial charge in [0, 0.05) is 24.4 Å². The van der Waals surface area contributed by atoms with Crippen molar-refractivity contribution in [1.29, 1.82) is 0 Å². The molecule has 1 amide bonds. The minimum atomic E-state index is -0.352. The number of carbonyl (C=O) groups is 1. The summed E-state index contributed by atoms with van der Waals surface area (Å²) in [5.41, 5.74) is 2.65. The Labute approximate surface area is 221 Å². The molecule has 0 aliphatic carbocycles. The number of benzene rings is 3. The maximum absolute atomic E-state index is 13.7. The Morgan fingerprint density at radius 3 is 2.32 bits per heavy atom. The molecule has 0 saturated heterocycles. The highest BCUT2D eigenvalue weighted by Gasteiger charge is 2.37. The fraction of sp³-hybridized carbons (Fsp3) is 0.161. The number of hydrogen-bond acceptors (Lipinski definition) is 5. The molecule has 1 aliphatic heterocycles. The van der Waals surface area contributed by atoms with Crippen molar-refractivity contribution in [1.82, 2.24) is 9.58 Å². The molecule has 1 aromatic heterocycles. The maximum atomic E-state index is 13.7. The molecular weight excluding hydrogens is 478 g/mol. The van der Waals surface area contributed by atoms with Gasteiger partial charge in [-0.3, -0.25) is 19.3 Å². The zero-order valence-electron chi connectivity index (χ0n) is 21.2. The molecule has 0 bridgehead atoms. The van der Waals surface area contributed by atoms with Gasteiger partial charge in [0.25, 0.3) is 5.91 Å². The number of rotatable bonds is 9. The summed E-state index contributed by atoms with van der Waals surface area (Å²) in [6.07, 6.45) is 3.32. The van der Waals surface area contributed by atoms with Crippen LogP contribution in [0.2, 0.25) is 0 Å². The molecular formula is C31H29N3O4. The van der Waals surface area contributed by atoms with Gasteiger partial charge in [-0.05, 0) is 17.2 Å². The molecule has 4 aromatic rings. The van der Waals surface area contributed by atoms with Crippen LogP contribution in [0, 0.1) is 0 Å². The molecule has 0 spiro atoms. The van der Waals surface area contributed by atoms with E-state index in [0.717, 1.165) is 22.4 Å². The van der Waals surface area contributed by atoms with Crippen molar-refractivity contribution in [3.8, 4) is 11.5 Å². The average molecular weight is 508 g/mol. The summed E-state index contributed by atoms with van der Waals surface area (Å²) in [4.78, 5) is 28.5. The highest BCUT2D eigenvalue weighted by Crippen LogP contribution is 2.36. The lowest BCUT2D eigenvalue weighted by Crippen LogP contribution is -2.55. The van der Waals surface area contributed by atoms with Gasteiger partial charge in [-0.25, -0.2) is 0 Å². The van der Waals surface area contributed by atoms with E-state index in [9.17, 15) is 9.59 Å². The van der Waals surface area contributed by atoms with E-state index in [-0.39, 0.29) is 42.1 Å². The first-order chi connectivity index (χ1) is 18.6. The Balaban J connectivity index is 1.68. The zero-order valence-corrected chi connectivity index (χ0v) is 21.2. The number of ether oxygens (including phenoxy) is 2. The molecule has 0 saturated carbocycles. The fourth-order valence-electron chi connectivity index (χ4n) is 4.79. The van der Waals surface area contributed by atoms with Crippen LogP contribution in [0.4, 0.5) is 0 Å². The van der Waals surface area contributed by atoms with E-state index in [1.54, 1.807) is 29.0 Å². The van der Waals surface area contributed by atoms with Crippen molar-refractivity contribution in [3.63, 3.8) is 0 Å². The van der Waals surface area contributed by atoms with Crippen molar-refractivity contribution in [2.75, 3.05) is 25.3 Å². The van der Waals surface area contributed by atoms with E-state index >= 15 is 0 Å². The van der Waals surface area contributed by atoms with Crippen molar-refractivity contribution >= 4 is 5.91 Å². The van der Waals surface area contributed by atoms with Crippen molar-refractivity contribution in [3.05, 3.63) is 142 Å². The fourth-order valence-corrected chi connectivity index (χ4v) is 4.79. The monoisotopic (exact) mass is 507 g/mol. The number of nitrogens with zero attached hydrogens (tertiary/aromatic N) is 3. The van der Waals surface area contributed by atoms with Crippen LogP contribution >= 0.6 is 0 Å². The van der Waals surface area contributed by atoms with Gasteiger partial charge in [0.05, 0.1) is 7.11 Å². The number of methoxy groups -OCH3 is 1. The normalized spacial score (nSPS) is 13.6. The topological polar surface area (TPSA) is 64.0 Å². The lowest BCUT2D eigenvalue weighted by Gasteiger charge is -2.44. The van der Waals surface area contributed by atoms with Gasteiger partial charge in [0.15, 0.2) is 11.4 Å². The third-order valence-electron chi connectivity index (χ3n) is 6.54. The predicted octanol–water partition coefficient (Wildman–Crippen LogP) is 4.76. The molecule has 2 heterocycles. The summed E-state index contributed by atoms with van der Waals surface area (Å²) in [6.45, 7) is 4.58. The van der Waals surface area contributed by atoms with E-state index in [4.69, 9.17) is 9.47 Å². The van der Waals surface area contributed by atoms with E-state index < -0.39 is 0 Å². The second kappa shape index (κ2) is 11.1. The molecule has 0 radical (unpaired) electrons. The molecule has 38 heavy (non-hydrogen) atoms. The molecule has 1 atom stereocenters. The number of hydrogen-bond donors (Lipinski definition) is 0. The minimum absolute atomic E-state index is 0.0203. The van der Waals surface area contributed by atoms with Gasteiger partial charge in [-0.15, -0.1) is 6.58 Å². The first-order valence-corrected chi connectivity index (χ1v) is 12.4. The van der Waals surface area contributed by atoms with Crippen molar-refractivity contribution in [2.45, 2.75) is 12.6 Å². The summed E-state index contributed by atoms with van der Waals surface area (Å²) in [7, 11) is 1.64. The largest absolute Gasteiger partial charge is 0.496 e. The van der Waals surface area contributed by atoms with Crippen LogP contribution in [-0.4, -0.2) is 35.8 Å². The van der Waals surface area contributed by atoms with Gasteiger partial charge in [-0.1, -0.05) is 84.9 Å². The summed E-state index contributed by atoms with van der Waals surface area (Å²) >= 11 is 0. The van der Waals surface area contributed by atoms with E-state index in [0.29, 0.717) is 6.54 Å². The van der Waals surface area contributed by atoms with Crippen LogP contribution in [-0.2, 0) is 6.61 Å². The molecule has 1 aliphatic rings. The Morgan fingerprint density at radius 2 is 1.61 bits per heavy atom. The highest BCUT2D eigenvalue weighted by molar-refractivity contribution is 5.96. The number of para-hydroxylation sites is 1. The van der Waals surface area contributed by atoms with E-state index in [2.05, 4.69) is 6.58 Å². The Bertz CT molecular complexity index is 1480. The molecule has 3 aromatic carbocycles. The smallest absolute Gasteiger partial charge is 0.278 e. The predicted molar refractivity (Wildman–Crippen MR) is 147 cm³/mol. The van der Waals surface area contributed by atoms with Gasteiger partial charge >= 0.3 is 0 Å². The maximum Gasteiger partial charge on any atom is 0.278 e. The van der Waals surface area contributed by atoms with Crippen LogP contribution < -0.4 is 19.9 Å². The van der Waals surface area contributed by atoms with Crippen LogP contribution in [0.3, 0.4) is 0 Å². The molecule has 192 valence electrons. The lowest BCUT2D eigenvalue weighted by molar-refractivity contribution is 0.0698. The number of amides is 1. The summed E-state index contributed by atoms with van der Waals surface area (Å²) in [5.74, 6) is 0.442. The summed E-state index contributed by atoms with van der Waals surface area (Å²) in [5, 5.41) is 2.04. The molecule has 0 N–H and O–H groups in total. The first kappa shape index (κ1) is 24.9. The van der Waals surface area contributed by atoms with Crippen LogP contribution in [0.5, 0.6) is 11.5 Å². The molecule has 5 rings (SSSR count). The Hall–Kier alpha value is -4.78. The molecule has 0 fully saturated rings. The second-order valence-electron chi connectivity index (χ2n) is 8.93. The number of aromatic nitrogens is 1. The van der Waals surface area contributed by atoms with Crippen LogP contribution in [0.25, 0.3) is 0 Å². The molecule has 1 unspecified atom stereocenters. The quantitative estimate of drug-likeness (QED) is 0.306. The average Bonchev–Trinajstić information content (AvgIpc) is 2.96. The Kier molecular flexibility index (Phi) is 7.26. The highest BCUT2D eigenvalue weighted by atomic mass is 16.5. The third kappa shape index (κ3) is 4.78. The first-order valence-electron chi connectivity index (χ1n) is 12.4. The van der Waals surface area contributed by atoms with Gasteiger partial charge < -0.3 is 14.4 Å². The molecule has 7 heteroatoms. The Morgan fingerprint density at radius 1 is 0.921 bits per heavy atom. The number of fused-ring (bicyclic) bond motifs is 1. The van der Waals surface area contributed by atoms with E-state index in [1.165, 1.54) is 6.07 Å². The van der Waals surface area contributed by atoms with Gasteiger partial charge in [-0.2, -0.15) is 0 Å². The number of pyridine rings is 1. The van der Waals surface area contributed by atoms with E-state index in [1.807, 2.05) is 89.9 Å².